The molecular weight excluding hydrogens is 204 g/mol. The molecule has 0 spiro atoms. The SMILES string of the molecule is [CH2]CCC/C=C/CCCCCCCC/C=C/C. The molecule has 0 aliphatic heterocycles. The molecule has 0 bridgehead atoms. The summed E-state index contributed by atoms with van der Waals surface area (Å²) in [7, 11) is 0. The lowest BCUT2D eigenvalue weighted by Gasteiger charge is -1.99. The zero-order valence-corrected chi connectivity index (χ0v) is 11.8. The van der Waals surface area contributed by atoms with Crippen molar-refractivity contribution in [2.45, 2.75) is 77.6 Å². The zero-order chi connectivity index (χ0) is 12.6. The van der Waals surface area contributed by atoms with Gasteiger partial charge in [-0.1, -0.05) is 63.3 Å². The van der Waals surface area contributed by atoms with E-state index in [4.69, 9.17) is 0 Å². The van der Waals surface area contributed by atoms with E-state index < -0.39 is 0 Å². The second-order valence-electron chi connectivity index (χ2n) is 4.73. The van der Waals surface area contributed by atoms with Gasteiger partial charge in [0.15, 0.2) is 0 Å². The molecule has 0 atom stereocenters. The van der Waals surface area contributed by atoms with Crippen LogP contribution in [0.25, 0.3) is 0 Å². The van der Waals surface area contributed by atoms with E-state index in [9.17, 15) is 0 Å². The molecule has 0 rings (SSSR count). The van der Waals surface area contributed by atoms with Crippen LogP contribution in [-0.4, -0.2) is 0 Å². The van der Waals surface area contributed by atoms with Crippen LogP contribution in [0.1, 0.15) is 77.6 Å². The molecule has 0 saturated heterocycles. The third-order valence-electron chi connectivity index (χ3n) is 3.01. The van der Waals surface area contributed by atoms with Crippen LogP contribution in [0.4, 0.5) is 0 Å². The molecule has 99 valence electrons. The summed E-state index contributed by atoms with van der Waals surface area (Å²) < 4.78 is 0. The molecule has 0 N–H and O–H groups in total. The average Bonchev–Trinajstić information content (AvgIpc) is 2.35. The van der Waals surface area contributed by atoms with Gasteiger partial charge in [-0.3, -0.25) is 0 Å². The monoisotopic (exact) mass is 235 g/mol. The molecular formula is C17H31. The maximum atomic E-state index is 3.84. The minimum absolute atomic E-state index is 1.07. The third-order valence-corrected chi connectivity index (χ3v) is 3.01. The summed E-state index contributed by atoms with van der Waals surface area (Å²) in [6.45, 7) is 5.94. The molecule has 17 heavy (non-hydrogen) atoms. The third kappa shape index (κ3) is 15.5. The van der Waals surface area contributed by atoms with Gasteiger partial charge in [0.1, 0.15) is 0 Å². The topological polar surface area (TPSA) is 0 Å². The Labute approximate surface area is 109 Å². The standard InChI is InChI=1S/C17H31/c1-3-5-7-9-11-13-15-17-16-14-12-10-8-6-4-2/h4,6,9,11H,1,3,5,7-8,10,12-17H2,2H3/b6-4+,11-9+. The van der Waals surface area contributed by atoms with Crippen LogP contribution >= 0.6 is 0 Å². The van der Waals surface area contributed by atoms with E-state index in [2.05, 4.69) is 38.2 Å². The van der Waals surface area contributed by atoms with Gasteiger partial charge in [0.25, 0.3) is 0 Å². The molecule has 0 saturated carbocycles. The van der Waals surface area contributed by atoms with Gasteiger partial charge < -0.3 is 0 Å². The number of allylic oxidation sites excluding steroid dienone is 4. The second-order valence-corrected chi connectivity index (χ2v) is 4.73. The minimum atomic E-state index is 1.07. The summed E-state index contributed by atoms with van der Waals surface area (Å²) in [6.07, 6.45) is 23.6. The van der Waals surface area contributed by atoms with Gasteiger partial charge in [0.05, 0.1) is 0 Å². The average molecular weight is 235 g/mol. The molecule has 0 heteroatoms. The molecule has 0 fully saturated rings. The van der Waals surface area contributed by atoms with Gasteiger partial charge in [-0.15, -0.1) is 0 Å². The highest BCUT2D eigenvalue weighted by Gasteiger charge is 1.89. The van der Waals surface area contributed by atoms with Gasteiger partial charge >= 0.3 is 0 Å². The van der Waals surface area contributed by atoms with Crippen molar-refractivity contribution in [2.75, 3.05) is 0 Å². The lowest BCUT2D eigenvalue weighted by Crippen LogP contribution is -1.79. The van der Waals surface area contributed by atoms with E-state index in [1.807, 2.05) is 0 Å². The van der Waals surface area contributed by atoms with E-state index in [0.717, 1.165) is 6.42 Å². The molecule has 0 aromatic carbocycles. The zero-order valence-electron chi connectivity index (χ0n) is 11.8. The Bertz CT molecular complexity index is 176. The Morgan fingerprint density at radius 3 is 1.65 bits per heavy atom. The van der Waals surface area contributed by atoms with Crippen molar-refractivity contribution in [3.05, 3.63) is 31.2 Å². The number of hydrogen-bond donors (Lipinski definition) is 0. The predicted octanol–water partition coefficient (Wildman–Crippen LogP) is 6.24. The fraction of sp³-hybridized carbons (Fsp3) is 0.706. The highest BCUT2D eigenvalue weighted by molar-refractivity contribution is 4.81. The van der Waals surface area contributed by atoms with Crippen molar-refractivity contribution in [1.29, 1.82) is 0 Å². The van der Waals surface area contributed by atoms with Crippen molar-refractivity contribution in [1.82, 2.24) is 0 Å². The first-order chi connectivity index (χ1) is 8.41. The molecule has 0 unspecified atom stereocenters. The summed E-state index contributed by atoms with van der Waals surface area (Å²) in [5.41, 5.74) is 0. The fourth-order valence-electron chi connectivity index (χ4n) is 1.90. The maximum Gasteiger partial charge on any atom is -0.0351 e. The highest BCUT2D eigenvalue weighted by Crippen LogP contribution is 2.09. The largest absolute Gasteiger partial charge is 0.0917 e. The van der Waals surface area contributed by atoms with Crippen LogP contribution in [0.3, 0.4) is 0 Å². The fourth-order valence-corrected chi connectivity index (χ4v) is 1.90. The van der Waals surface area contributed by atoms with Crippen molar-refractivity contribution in [2.24, 2.45) is 0 Å². The Hall–Kier alpha value is -0.520. The van der Waals surface area contributed by atoms with Crippen molar-refractivity contribution in [3.8, 4) is 0 Å². The Morgan fingerprint density at radius 1 is 0.647 bits per heavy atom. The van der Waals surface area contributed by atoms with E-state index in [1.54, 1.807) is 0 Å². The second kappa shape index (κ2) is 15.5. The number of unbranched alkanes of at least 4 members (excludes halogenated alkanes) is 9. The van der Waals surface area contributed by atoms with Crippen LogP contribution in [0.5, 0.6) is 0 Å². The van der Waals surface area contributed by atoms with Crippen LogP contribution in [0.2, 0.25) is 0 Å². The molecule has 0 heterocycles. The minimum Gasteiger partial charge on any atom is -0.0917 e. The van der Waals surface area contributed by atoms with Gasteiger partial charge in [-0.25, -0.2) is 0 Å². The lowest BCUT2D eigenvalue weighted by molar-refractivity contribution is 0.599. The van der Waals surface area contributed by atoms with Crippen LogP contribution in [-0.2, 0) is 0 Å². The summed E-state index contributed by atoms with van der Waals surface area (Å²) in [5.74, 6) is 0. The molecule has 0 aromatic rings. The van der Waals surface area contributed by atoms with Crippen LogP contribution in [0, 0.1) is 6.92 Å². The maximum absolute atomic E-state index is 3.84. The van der Waals surface area contributed by atoms with Gasteiger partial charge in [-0.05, 0) is 45.4 Å². The predicted molar refractivity (Wildman–Crippen MR) is 80.1 cm³/mol. The molecule has 0 aliphatic carbocycles. The normalized spacial score (nSPS) is 11.9. The molecule has 0 amide bonds. The quantitative estimate of drug-likeness (QED) is 0.277. The van der Waals surface area contributed by atoms with Crippen molar-refractivity contribution in [3.63, 3.8) is 0 Å². The Morgan fingerprint density at radius 2 is 1.12 bits per heavy atom. The first kappa shape index (κ1) is 16.5. The summed E-state index contributed by atoms with van der Waals surface area (Å²) >= 11 is 0. The van der Waals surface area contributed by atoms with Gasteiger partial charge in [0, 0.05) is 0 Å². The van der Waals surface area contributed by atoms with E-state index in [-0.39, 0.29) is 0 Å². The summed E-state index contributed by atoms with van der Waals surface area (Å²) in [5, 5.41) is 0. The van der Waals surface area contributed by atoms with E-state index in [1.165, 1.54) is 64.2 Å². The van der Waals surface area contributed by atoms with Gasteiger partial charge in [0.2, 0.25) is 0 Å². The van der Waals surface area contributed by atoms with Crippen molar-refractivity contribution >= 4 is 0 Å². The first-order valence-corrected chi connectivity index (χ1v) is 7.47. The number of hydrogen-bond acceptors (Lipinski definition) is 0. The number of rotatable bonds is 12. The summed E-state index contributed by atoms with van der Waals surface area (Å²) in [4.78, 5) is 0. The molecule has 1 radical (unpaired) electrons. The highest BCUT2D eigenvalue weighted by atomic mass is 14.0. The first-order valence-electron chi connectivity index (χ1n) is 7.47. The summed E-state index contributed by atoms with van der Waals surface area (Å²) in [6, 6.07) is 0. The molecule has 0 nitrogen and oxygen atoms in total. The van der Waals surface area contributed by atoms with Crippen LogP contribution in [0.15, 0.2) is 24.3 Å². The molecule has 0 aromatic heterocycles. The lowest BCUT2D eigenvalue weighted by atomic mass is 10.1. The van der Waals surface area contributed by atoms with Crippen LogP contribution < -0.4 is 0 Å². The Kier molecular flexibility index (Phi) is 15.0. The van der Waals surface area contributed by atoms with E-state index in [0.29, 0.717) is 0 Å². The molecule has 0 aliphatic rings. The van der Waals surface area contributed by atoms with E-state index >= 15 is 0 Å². The smallest absolute Gasteiger partial charge is 0.0351 e. The van der Waals surface area contributed by atoms with Gasteiger partial charge in [-0.2, -0.15) is 0 Å². The van der Waals surface area contributed by atoms with Crippen molar-refractivity contribution < 1.29 is 0 Å². The Balaban J connectivity index is 3.00.